The van der Waals surface area contributed by atoms with E-state index in [4.69, 9.17) is 11.6 Å². The normalized spacial score (nSPS) is 11.2. The van der Waals surface area contributed by atoms with Gasteiger partial charge < -0.3 is 0 Å². The molecule has 0 spiro atoms. The van der Waals surface area contributed by atoms with Gasteiger partial charge in [-0.2, -0.15) is 5.10 Å². The molecule has 10 heteroatoms. The number of thioether (sulfide) groups is 1. The van der Waals surface area contributed by atoms with Crippen LogP contribution in [-0.4, -0.2) is 25.9 Å². The van der Waals surface area contributed by atoms with E-state index in [9.17, 15) is 9.18 Å². The van der Waals surface area contributed by atoms with Crippen LogP contribution in [0.2, 0.25) is 5.02 Å². The summed E-state index contributed by atoms with van der Waals surface area (Å²) in [6.45, 7) is 0. The topological polar surface area (TPSA) is 72.7 Å². The number of carbonyl (C=O) groups excluding carboxylic acids is 1. The molecule has 184 valence electrons. The molecule has 6 nitrogen and oxygen atoms in total. The molecule has 5 aromatic rings. The highest BCUT2D eigenvalue weighted by atomic mass is 35.5. The first kappa shape index (κ1) is 24.9. The summed E-state index contributed by atoms with van der Waals surface area (Å²) in [5, 5.41) is 16.7. The van der Waals surface area contributed by atoms with Crippen molar-refractivity contribution in [1.82, 2.24) is 20.0 Å². The zero-order valence-electron chi connectivity index (χ0n) is 19.2. The minimum absolute atomic E-state index is 0.328. The number of nitrogens with one attached hydrogen (secondary N) is 1. The highest BCUT2D eigenvalue weighted by Gasteiger charge is 2.12. The van der Waals surface area contributed by atoms with Gasteiger partial charge >= 0.3 is 0 Å². The van der Waals surface area contributed by atoms with Crippen LogP contribution in [0.25, 0.3) is 23.0 Å². The van der Waals surface area contributed by atoms with Crippen molar-refractivity contribution >= 4 is 51.8 Å². The Morgan fingerprint density at radius 2 is 1.78 bits per heavy atom. The second-order valence-corrected chi connectivity index (χ2v) is 10.5. The zero-order chi connectivity index (χ0) is 25.6. The van der Waals surface area contributed by atoms with E-state index in [-0.39, 0.29) is 11.7 Å². The molecule has 0 saturated heterocycles. The average molecular weight is 548 g/mol. The summed E-state index contributed by atoms with van der Waals surface area (Å²) in [5.74, 6) is 0.0467. The number of anilines is 1. The van der Waals surface area contributed by atoms with Gasteiger partial charge in [0.15, 0.2) is 4.34 Å². The monoisotopic (exact) mass is 547 g/mol. The molecule has 0 aliphatic heterocycles. The summed E-state index contributed by atoms with van der Waals surface area (Å²) in [4.78, 5) is 12.6. The maximum Gasteiger partial charge on any atom is 0.250 e. The number of hydrogen-bond donors (Lipinski definition) is 1. The van der Waals surface area contributed by atoms with Gasteiger partial charge in [0.05, 0.1) is 11.4 Å². The molecule has 0 radical (unpaired) electrons. The molecule has 0 atom stereocenters. The van der Waals surface area contributed by atoms with Crippen molar-refractivity contribution in [2.24, 2.45) is 0 Å². The molecule has 0 unspecified atom stereocenters. The summed E-state index contributed by atoms with van der Waals surface area (Å²) >= 11 is 8.77. The zero-order valence-corrected chi connectivity index (χ0v) is 21.6. The van der Waals surface area contributed by atoms with Gasteiger partial charge in [0.25, 0.3) is 0 Å². The minimum Gasteiger partial charge on any atom is -0.297 e. The summed E-state index contributed by atoms with van der Waals surface area (Å²) in [5.41, 5.74) is 4.06. The summed E-state index contributed by atoms with van der Waals surface area (Å²) in [6, 6.07) is 23.3. The molecule has 5 rings (SSSR count). The van der Waals surface area contributed by atoms with E-state index in [1.807, 2.05) is 60.8 Å². The van der Waals surface area contributed by atoms with Crippen molar-refractivity contribution in [2.75, 3.05) is 5.32 Å². The molecular weight excluding hydrogens is 529 g/mol. The SMILES string of the molecule is O=C(C=Cc1cn(-c2ccccc2)nc1-c1ccc(F)cc1)Nc1nnc(SCc2ccc(Cl)cc2)s1. The third-order valence-corrected chi connectivity index (χ3v) is 7.50. The fourth-order valence-corrected chi connectivity index (χ4v) is 5.25. The second-order valence-electron chi connectivity index (χ2n) is 7.83. The molecule has 3 aromatic carbocycles. The van der Waals surface area contributed by atoms with Gasteiger partial charge in [-0.25, -0.2) is 9.07 Å². The first-order valence-corrected chi connectivity index (χ1v) is 13.3. The molecular formula is C27H19ClFN5OS2. The summed E-state index contributed by atoms with van der Waals surface area (Å²) in [7, 11) is 0. The number of rotatable bonds is 8. The van der Waals surface area contributed by atoms with Crippen LogP contribution in [0.15, 0.2) is 95.5 Å². The first-order chi connectivity index (χ1) is 18.0. The number of hydrogen-bond acceptors (Lipinski definition) is 6. The third-order valence-electron chi connectivity index (χ3n) is 5.21. The lowest BCUT2D eigenvalue weighted by Crippen LogP contribution is -2.07. The predicted molar refractivity (Wildman–Crippen MR) is 148 cm³/mol. The van der Waals surface area contributed by atoms with Crippen LogP contribution in [0.1, 0.15) is 11.1 Å². The maximum atomic E-state index is 13.5. The van der Waals surface area contributed by atoms with Crippen LogP contribution in [0, 0.1) is 5.82 Å². The maximum absolute atomic E-state index is 13.5. The van der Waals surface area contributed by atoms with Crippen molar-refractivity contribution < 1.29 is 9.18 Å². The smallest absolute Gasteiger partial charge is 0.250 e. The molecule has 1 amide bonds. The van der Waals surface area contributed by atoms with Crippen molar-refractivity contribution in [3.8, 4) is 16.9 Å². The van der Waals surface area contributed by atoms with Crippen LogP contribution in [0.3, 0.4) is 0 Å². The summed E-state index contributed by atoms with van der Waals surface area (Å²) in [6.07, 6.45) is 4.92. The molecule has 2 heterocycles. The predicted octanol–water partition coefficient (Wildman–Crippen LogP) is 7.13. The highest BCUT2D eigenvalue weighted by molar-refractivity contribution is 8.00. The van der Waals surface area contributed by atoms with Gasteiger partial charge in [0.1, 0.15) is 5.82 Å². The first-order valence-electron chi connectivity index (χ1n) is 11.1. The van der Waals surface area contributed by atoms with Gasteiger partial charge in [-0.15, -0.1) is 10.2 Å². The van der Waals surface area contributed by atoms with Crippen molar-refractivity contribution in [3.05, 3.63) is 113 Å². The number of aromatic nitrogens is 4. The van der Waals surface area contributed by atoms with E-state index in [1.54, 1.807) is 22.9 Å². The number of halogens is 2. The Morgan fingerprint density at radius 3 is 2.54 bits per heavy atom. The van der Waals surface area contributed by atoms with Crippen LogP contribution in [0.5, 0.6) is 0 Å². The highest BCUT2D eigenvalue weighted by Crippen LogP contribution is 2.29. The second kappa shape index (κ2) is 11.5. The lowest BCUT2D eigenvalue weighted by Gasteiger charge is -2.00. The quantitative estimate of drug-likeness (QED) is 0.127. The lowest BCUT2D eigenvalue weighted by atomic mass is 10.1. The van der Waals surface area contributed by atoms with Crippen molar-refractivity contribution in [1.29, 1.82) is 0 Å². The molecule has 0 fully saturated rings. The van der Waals surface area contributed by atoms with Gasteiger partial charge in [-0.3, -0.25) is 10.1 Å². The Bertz CT molecular complexity index is 1530. The molecule has 0 aliphatic carbocycles. The minimum atomic E-state index is -0.345. The molecule has 0 saturated carbocycles. The van der Waals surface area contributed by atoms with E-state index in [0.717, 1.165) is 26.9 Å². The molecule has 2 aromatic heterocycles. The number of nitrogens with zero attached hydrogens (tertiary/aromatic N) is 4. The number of benzene rings is 3. The Labute approximate surface area is 225 Å². The largest absolute Gasteiger partial charge is 0.297 e. The van der Waals surface area contributed by atoms with Crippen molar-refractivity contribution in [3.63, 3.8) is 0 Å². The van der Waals surface area contributed by atoms with Crippen LogP contribution < -0.4 is 5.32 Å². The van der Waals surface area contributed by atoms with Crippen LogP contribution >= 0.6 is 34.7 Å². The van der Waals surface area contributed by atoms with Gasteiger partial charge in [0.2, 0.25) is 11.0 Å². The van der Waals surface area contributed by atoms with Gasteiger partial charge in [-0.05, 0) is 60.2 Å². The van der Waals surface area contributed by atoms with E-state index in [2.05, 4.69) is 20.6 Å². The fourth-order valence-electron chi connectivity index (χ4n) is 3.41. The standard InChI is InChI=1S/C27H19ClFN5OS2/c28-21-11-6-18(7-12-21)17-36-27-32-31-26(37-27)30-24(35)15-10-20-16-34(23-4-2-1-3-5-23)33-25(20)19-8-13-22(29)14-9-19/h1-16H,17H2,(H,30,31,35). The Morgan fingerprint density at radius 1 is 1.03 bits per heavy atom. The summed E-state index contributed by atoms with van der Waals surface area (Å²) < 4.78 is 16.0. The average Bonchev–Trinajstić information content (AvgIpc) is 3.55. The van der Waals surface area contributed by atoms with Crippen molar-refractivity contribution in [2.45, 2.75) is 10.1 Å². The number of carbonyl (C=O) groups is 1. The van der Waals surface area contributed by atoms with Gasteiger partial charge in [0, 0.05) is 34.2 Å². The fraction of sp³-hybridized carbons (Fsp3) is 0.0370. The molecule has 0 bridgehead atoms. The Balaban J connectivity index is 1.29. The number of para-hydroxylation sites is 1. The van der Waals surface area contributed by atoms with E-state index in [0.29, 0.717) is 21.4 Å². The Kier molecular flexibility index (Phi) is 7.74. The van der Waals surface area contributed by atoms with E-state index < -0.39 is 0 Å². The molecule has 0 aliphatic rings. The van der Waals surface area contributed by atoms with E-state index >= 15 is 0 Å². The van der Waals surface area contributed by atoms with Gasteiger partial charge in [-0.1, -0.05) is 65.0 Å². The number of amides is 1. The molecule has 37 heavy (non-hydrogen) atoms. The van der Waals surface area contributed by atoms with Crippen LogP contribution in [-0.2, 0) is 10.5 Å². The lowest BCUT2D eigenvalue weighted by molar-refractivity contribution is -0.111. The Hall–Kier alpha value is -3.79. The van der Waals surface area contributed by atoms with Crippen LogP contribution in [0.4, 0.5) is 9.52 Å². The molecule has 1 N–H and O–H groups in total. The van der Waals surface area contributed by atoms with E-state index in [1.165, 1.54) is 41.3 Å². The third kappa shape index (κ3) is 6.51.